The number of halogens is 1. The highest BCUT2D eigenvalue weighted by atomic mass is 19.1. The van der Waals surface area contributed by atoms with Crippen molar-refractivity contribution in [2.45, 2.75) is 0 Å². The molecule has 0 spiro atoms. The monoisotopic (exact) mass is 323 g/mol. The molecule has 0 aliphatic carbocycles. The minimum Gasteiger partial charge on any atom is -0.368 e. The number of nitrogens with two attached hydrogens (primary N) is 1. The number of hydrogen-bond donors (Lipinski definition) is 1. The van der Waals surface area contributed by atoms with Gasteiger partial charge in [-0.2, -0.15) is 0 Å². The zero-order valence-electron chi connectivity index (χ0n) is 12.6. The van der Waals surface area contributed by atoms with Crippen LogP contribution in [0.5, 0.6) is 0 Å². The maximum atomic E-state index is 13.0. The summed E-state index contributed by atoms with van der Waals surface area (Å²) in [6.45, 7) is -0.257. The highest BCUT2D eigenvalue weighted by Gasteiger charge is 2.31. The number of hydrogen-bond acceptors (Lipinski definition) is 3. The van der Waals surface area contributed by atoms with Gasteiger partial charge in [-0.3, -0.25) is 14.5 Å². The van der Waals surface area contributed by atoms with Crippen LogP contribution in [0.2, 0.25) is 0 Å². The lowest BCUT2D eigenvalue weighted by Crippen LogP contribution is -2.39. The first-order valence-electron chi connectivity index (χ1n) is 7.26. The van der Waals surface area contributed by atoms with Crippen LogP contribution in [0, 0.1) is 5.82 Å². The quantitative estimate of drug-likeness (QED) is 0.873. The second-order valence-corrected chi connectivity index (χ2v) is 5.24. The number of primary amides is 1. The van der Waals surface area contributed by atoms with Crippen LogP contribution in [0.1, 0.15) is 11.1 Å². The van der Waals surface area contributed by atoms with Crippen molar-refractivity contribution in [2.75, 3.05) is 6.54 Å². The molecule has 3 rings (SSSR count). The van der Waals surface area contributed by atoms with E-state index in [-0.39, 0.29) is 18.1 Å². The van der Waals surface area contributed by atoms with Crippen molar-refractivity contribution in [1.82, 2.24) is 4.90 Å². The number of aliphatic imine (C=N–C) groups is 1. The van der Waals surface area contributed by atoms with Crippen LogP contribution in [-0.2, 0) is 9.59 Å². The molecule has 2 aromatic rings. The van der Waals surface area contributed by atoms with Gasteiger partial charge in [-0.25, -0.2) is 9.38 Å². The molecule has 0 saturated carbocycles. The lowest BCUT2D eigenvalue weighted by Gasteiger charge is -2.16. The number of rotatable bonds is 4. The molecule has 0 saturated heterocycles. The molecular formula is C18H14FN3O2. The largest absolute Gasteiger partial charge is 0.368 e. The van der Waals surface area contributed by atoms with Crippen molar-refractivity contribution in [3.05, 3.63) is 77.2 Å². The Bertz CT molecular complexity index is 842. The summed E-state index contributed by atoms with van der Waals surface area (Å²) in [5, 5.41) is 0. The van der Waals surface area contributed by atoms with E-state index in [1.54, 1.807) is 30.3 Å². The van der Waals surface area contributed by atoms with Gasteiger partial charge in [0.05, 0.1) is 0 Å². The summed E-state index contributed by atoms with van der Waals surface area (Å²) >= 11 is 0. The van der Waals surface area contributed by atoms with Crippen LogP contribution in [0.25, 0.3) is 6.08 Å². The molecule has 5 nitrogen and oxygen atoms in total. The lowest BCUT2D eigenvalue weighted by atomic mass is 10.2. The minimum atomic E-state index is -0.630. The number of benzene rings is 2. The zero-order chi connectivity index (χ0) is 17.1. The van der Waals surface area contributed by atoms with Gasteiger partial charge in [0.25, 0.3) is 5.91 Å². The number of carbonyl (C=O) groups is 2. The molecule has 0 fully saturated rings. The summed E-state index contributed by atoms with van der Waals surface area (Å²) < 4.78 is 13.0. The van der Waals surface area contributed by atoms with E-state index in [1.165, 1.54) is 17.0 Å². The Morgan fingerprint density at radius 1 is 1.12 bits per heavy atom. The average Bonchev–Trinajstić information content (AvgIpc) is 2.87. The van der Waals surface area contributed by atoms with Crippen LogP contribution in [0.3, 0.4) is 0 Å². The molecule has 2 N–H and O–H groups in total. The Morgan fingerprint density at radius 3 is 2.42 bits per heavy atom. The Morgan fingerprint density at radius 2 is 1.79 bits per heavy atom. The van der Waals surface area contributed by atoms with E-state index < -0.39 is 11.8 Å². The van der Waals surface area contributed by atoms with Gasteiger partial charge >= 0.3 is 0 Å². The molecule has 2 amide bonds. The van der Waals surface area contributed by atoms with Crippen LogP contribution < -0.4 is 5.73 Å². The van der Waals surface area contributed by atoms with Gasteiger partial charge in [-0.1, -0.05) is 42.5 Å². The Balaban J connectivity index is 2.01. The summed E-state index contributed by atoms with van der Waals surface area (Å²) in [5.41, 5.74) is 6.75. The van der Waals surface area contributed by atoms with Crippen molar-refractivity contribution in [3.63, 3.8) is 0 Å². The van der Waals surface area contributed by atoms with E-state index in [0.717, 1.165) is 0 Å². The van der Waals surface area contributed by atoms with Crippen LogP contribution in [-0.4, -0.2) is 29.1 Å². The number of nitrogens with zero attached hydrogens (tertiary/aromatic N) is 2. The fourth-order valence-corrected chi connectivity index (χ4v) is 2.38. The van der Waals surface area contributed by atoms with Gasteiger partial charge in [-0.15, -0.1) is 0 Å². The molecule has 120 valence electrons. The molecule has 2 aromatic carbocycles. The Labute approximate surface area is 137 Å². The first-order valence-corrected chi connectivity index (χ1v) is 7.26. The summed E-state index contributed by atoms with van der Waals surface area (Å²) in [4.78, 5) is 29.4. The van der Waals surface area contributed by atoms with Crippen LogP contribution in [0.4, 0.5) is 4.39 Å². The Kier molecular flexibility index (Phi) is 4.20. The number of carbonyl (C=O) groups excluding carboxylic acids is 2. The molecule has 0 radical (unpaired) electrons. The van der Waals surface area contributed by atoms with Crippen molar-refractivity contribution < 1.29 is 14.0 Å². The summed E-state index contributed by atoms with van der Waals surface area (Å²) in [6, 6.07) is 14.7. The summed E-state index contributed by atoms with van der Waals surface area (Å²) in [7, 11) is 0. The topological polar surface area (TPSA) is 75.8 Å². The fourth-order valence-electron chi connectivity index (χ4n) is 2.38. The van der Waals surface area contributed by atoms with Gasteiger partial charge in [0, 0.05) is 5.56 Å². The van der Waals surface area contributed by atoms with Crippen molar-refractivity contribution >= 4 is 23.7 Å². The highest BCUT2D eigenvalue weighted by molar-refractivity contribution is 6.20. The van der Waals surface area contributed by atoms with Gasteiger partial charge in [0.2, 0.25) is 5.91 Å². The maximum absolute atomic E-state index is 13.0. The van der Waals surface area contributed by atoms with Crippen LogP contribution >= 0.6 is 0 Å². The highest BCUT2D eigenvalue weighted by Crippen LogP contribution is 2.22. The first-order chi connectivity index (χ1) is 11.5. The van der Waals surface area contributed by atoms with E-state index in [0.29, 0.717) is 17.0 Å². The van der Waals surface area contributed by atoms with Crippen molar-refractivity contribution in [2.24, 2.45) is 10.7 Å². The van der Waals surface area contributed by atoms with E-state index in [9.17, 15) is 14.0 Å². The smallest absolute Gasteiger partial charge is 0.278 e. The normalized spacial score (nSPS) is 15.7. The minimum absolute atomic E-state index is 0.168. The fraction of sp³-hybridized carbons (Fsp3) is 0.0556. The molecule has 0 atom stereocenters. The standard InChI is InChI=1S/C18H14FN3O2/c19-14-8-6-12(7-9-14)10-15-18(24)22(11-16(20)23)17(21-15)13-4-2-1-3-5-13/h1-10H,11H2,(H2,20,23)/b15-10-. The molecule has 0 aromatic heterocycles. The molecule has 0 bridgehead atoms. The van der Waals surface area contributed by atoms with E-state index in [4.69, 9.17) is 5.73 Å². The molecule has 1 aliphatic heterocycles. The molecule has 1 heterocycles. The average molecular weight is 323 g/mol. The number of amides is 2. The van der Waals surface area contributed by atoms with Gasteiger partial charge in [0.15, 0.2) is 0 Å². The zero-order valence-corrected chi connectivity index (χ0v) is 12.6. The third-order valence-corrected chi connectivity index (χ3v) is 3.47. The first kappa shape index (κ1) is 15.6. The second kappa shape index (κ2) is 6.45. The third-order valence-electron chi connectivity index (χ3n) is 3.47. The molecule has 0 unspecified atom stereocenters. The van der Waals surface area contributed by atoms with Gasteiger partial charge in [0.1, 0.15) is 23.9 Å². The van der Waals surface area contributed by atoms with Gasteiger partial charge in [-0.05, 0) is 23.8 Å². The predicted octanol–water partition coefficient (Wildman–Crippen LogP) is 1.94. The Hall–Kier alpha value is -3.28. The van der Waals surface area contributed by atoms with Gasteiger partial charge < -0.3 is 5.73 Å². The van der Waals surface area contributed by atoms with Crippen LogP contribution in [0.15, 0.2) is 65.3 Å². The number of amidine groups is 1. The van der Waals surface area contributed by atoms with E-state index in [1.807, 2.05) is 18.2 Å². The summed E-state index contributed by atoms with van der Waals surface area (Å²) in [5.74, 6) is -1.04. The summed E-state index contributed by atoms with van der Waals surface area (Å²) in [6.07, 6.45) is 1.55. The lowest BCUT2D eigenvalue weighted by molar-refractivity contribution is -0.127. The molecular weight excluding hydrogens is 309 g/mol. The molecule has 1 aliphatic rings. The SMILES string of the molecule is NC(=O)CN1C(=O)/C(=C/c2ccc(F)cc2)N=C1c1ccccc1. The predicted molar refractivity (Wildman–Crippen MR) is 88.3 cm³/mol. The van der Waals surface area contributed by atoms with E-state index >= 15 is 0 Å². The molecule has 6 heteroatoms. The maximum Gasteiger partial charge on any atom is 0.278 e. The second-order valence-electron chi connectivity index (χ2n) is 5.24. The third kappa shape index (κ3) is 3.22. The van der Waals surface area contributed by atoms with Crippen molar-refractivity contribution in [3.8, 4) is 0 Å². The molecule has 24 heavy (non-hydrogen) atoms. The van der Waals surface area contributed by atoms with E-state index in [2.05, 4.69) is 4.99 Å². The van der Waals surface area contributed by atoms with Crippen molar-refractivity contribution in [1.29, 1.82) is 0 Å².